The van der Waals surface area contributed by atoms with Crippen LogP contribution in [0.5, 0.6) is 0 Å². The number of H-pyrrole nitrogens is 1. The van der Waals surface area contributed by atoms with Crippen LogP contribution in [-0.4, -0.2) is 28.0 Å². The average molecular weight is 385 g/mol. The Balaban J connectivity index is 1.74. The van der Waals surface area contributed by atoms with Crippen molar-refractivity contribution in [2.24, 2.45) is 0 Å². The molecule has 5 nitrogen and oxygen atoms in total. The first-order valence-electron chi connectivity index (χ1n) is 10.3. The van der Waals surface area contributed by atoms with Crippen LogP contribution in [0.25, 0.3) is 10.9 Å². The van der Waals surface area contributed by atoms with Gasteiger partial charge in [-0.3, -0.25) is 4.79 Å². The van der Waals surface area contributed by atoms with Gasteiger partial charge in [0.1, 0.15) is 6.04 Å². The molecular formula is C23H32N2O3. The van der Waals surface area contributed by atoms with E-state index in [9.17, 15) is 14.7 Å². The van der Waals surface area contributed by atoms with Gasteiger partial charge < -0.3 is 15.4 Å². The van der Waals surface area contributed by atoms with E-state index in [2.05, 4.69) is 29.4 Å². The number of rotatable bonds is 13. The summed E-state index contributed by atoms with van der Waals surface area (Å²) >= 11 is 0. The van der Waals surface area contributed by atoms with E-state index in [0.29, 0.717) is 6.42 Å². The fourth-order valence-corrected chi connectivity index (χ4v) is 3.29. The molecular weight excluding hydrogens is 352 g/mol. The number of aromatic nitrogens is 1. The molecule has 0 spiro atoms. The first-order valence-corrected chi connectivity index (χ1v) is 10.3. The number of benzene rings is 1. The minimum atomic E-state index is -1.01. The molecule has 0 saturated heterocycles. The van der Waals surface area contributed by atoms with Gasteiger partial charge in [-0.2, -0.15) is 0 Å². The summed E-state index contributed by atoms with van der Waals surface area (Å²) in [6.07, 6.45) is 14.4. The topological polar surface area (TPSA) is 82.2 Å². The van der Waals surface area contributed by atoms with Crippen LogP contribution in [0, 0.1) is 0 Å². The number of allylic oxidation sites excluding steroid dienone is 2. The van der Waals surface area contributed by atoms with Crippen LogP contribution in [-0.2, 0) is 16.0 Å². The molecule has 2 aromatic rings. The quantitative estimate of drug-likeness (QED) is 0.336. The monoisotopic (exact) mass is 384 g/mol. The van der Waals surface area contributed by atoms with E-state index in [0.717, 1.165) is 35.7 Å². The van der Waals surface area contributed by atoms with E-state index in [1.54, 1.807) is 0 Å². The number of unbranched alkanes of at least 4 members (excludes halogenated alkanes) is 5. The lowest BCUT2D eigenvalue weighted by Crippen LogP contribution is -2.42. The van der Waals surface area contributed by atoms with Crippen LogP contribution in [0.2, 0.25) is 0 Å². The van der Waals surface area contributed by atoms with E-state index < -0.39 is 12.0 Å². The van der Waals surface area contributed by atoms with Gasteiger partial charge in [-0.15, -0.1) is 0 Å². The molecule has 1 aromatic heterocycles. The first kappa shape index (κ1) is 21.7. The van der Waals surface area contributed by atoms with E-state index in [1.807, 2.05) is 30.5 Å². The van der Waals surface area contributed by atoms with Crippen molar-refractivity contribution in [2.75, 3.05) is 0 Å². The Morgan fingerprint density at radius 2 is 1.86 bits per heavy atom. The molecule has 0 aliphatic heterocycles. The summed E-state index contributed by atoms with van der Waals surface area (Å²) in [6, 6.07) is 6.84. The van der Waals surface area contributed by atoms with Crippen LogP contribution in [0.3, 0.4) is 0 Å². The number of aliphatic carboxylic acids is 1. The van der Waals surface area contributed by atoms with E-state index in [1.165, 1.54) is 25.7 Å². The minimum absolute atomic E-state index is 0.205. The molecule has 2 rings (SSSR count). The zero-order valence-corrected chi connectivity index (χ0v) is 16.7. The highest BCUT2D eigenvalue weighted by Crippen LogP contribution is 2.19. The summed E-state index contributed by atoms with van der Waals surface area (Å²) < 4.78 is 0. The van der Waals surface area contributed by atoms with Crippen molar-refractivity contribution in [2.45, 2.75) is 70.8 Å². The fourth-order valence-electron chi connectivity index (χ4n) is 3.29. The lowest BCUT2D eigenvalue weighted by Gasteiger charge is -2.14. The summed E-state index contributed by atoms with van der Waals surface area (Å²) in [5.74, 6) is -1.21. The zero-order chi connectivity index (χ0) is 20.2. The van der Waals surface area contributed by atoms with Crippen molar-refractivity contribution in [1.29, 1.82) is 0 Å². The maximum atomic E-state index is 12.2. The number of carboxylic acids is 1. The standard InChI is InChI=1S/C23H32N2O3/c1-2-3-4-5-6-7-8-9-10-15-22(26)25-21(23(27)28)16-18-17-24-20-14-12-11-13-19(18)20/h7-8,11-14,17,21,24H,2-6,9-10,15-16H2,1H3,(H,25,26)(H,27,28)/b8-7-. The molecule has 0 aliphatic rings. The van der Waals surface area contributed by atoms with Crippen molar-refractivity contribution < 1.29 is 14.7 Å². The molecule has 0 fully saturated rings. The van der Waals surface area contributed by atoms with Crippen molar-refractivity contribution >= 4 is 22.8 Å². The van der Waals surface area contributed by atoms with Crippen molar-refractivity contribution in [3.8, 4) is 0 Å². The second-order valence-electron chi connectivity index (χ2n) is 7.23. The Bertz CT molecular complexity index is 779. The Labute approximate surface area is 167 Å². The minimum Gasteiger partial charge on any atom is -0.480 e. The average Bonchev–Trinajstić information content (AvgIpc) is 3.09. The van der Waals surface area contributed by atoms with E-state index in [-0.39, 0.29) is 12.3 Å². The maximum absolute atomic E-state index is 12.2. The molecule has 152 valence electrons. The number of carboxylic acid groups (broad SMARTS) is 1. The molecule has 5 heteroatoms. The lowest BCUT2D eigenvalue weighted by atomic mass is 10.0. The number of hydrogen-bond acceptors (Lipinski definition) is 2. The van der Waals surface area contributed by atoms with Gasteiger partial charge in [0.25, 0.3) is 0 Å². The molecule has 1 aromatic carbocycles. The third kappa shape index (κ3) is 7.22. The lowest BCUT2D eigenvalue weighted by molar-refractivity contribution is -0.141. The first-order chi connectivity index (χ1) is 13.6. The second kappa shape index (κ2) is 12.0. The van der Waals surface area contributed by atoms with E-state index in [4.69, 9.17) is 0 Å². The summed E-state index contributed by atoms with van der Waals surface area (Å²) in [7, 11) is 0. The maximum Gasteiger partial charge on any atom is 0.326 e. The Morgan fingerprint density at radius 3 is 2.61 bits per heavy atom. The SMILES string of the molecule is CCCCCC/C=C\CCCC(=O)NC(Cc1c[nH]c2ccccc12)C(=O)O. The molecule has 0 radical (unpaired) electrons. The van der Waals surface area contributed by atoms with Gasteiger partial charge in [0.05, 0.1) is 0 Å². The molecule has 1 atom stereocenters. The molecule has 1 heterocycles. The summed E-state index contributed by atoms with van der Waals surface area (Å²) in [5, 5.41) is 13.1. The summed E-state index contributed by atoms with van der Waals surface area (Å²) in [6.45, 7) is 2.20. The van der Waals surface area contributed by atoms with Crippen LogP contribution in [0.1, 0.15) is 63.9 Å². The molecule has 0 bridgehead atoms. The number of fused-ring (bicyclic) bond motifs is 1. The van der Waals surface area contributed by atoms with Crippen LogP contribution in [0.4, 0.5) is 0 Å². The highest BCUT2D eigenvalue weighted by molar-refractivity contribution is 5.86. The number of para-hydroxylation sites is 1. The predicted molar refractivity (Wildman–Crippen MR) is 113 cm³/mol. The number of aromatic amines is 1. The van der Waals surface area contributed by atoms with Crippen molar-refractivity contribution in [3.05, 3.63) is 48.2 Å². The number of carbonyl (C=O) groups excluding carboxylic acids is 1. The van der Waals surface area contributed by atoms with Gasteiger partial charge in [-0.05, 0) is 37.3 Å². The van der Waals surface area contributed by atoms with Gasteiger partial charge >= 0.3 is 5.97 Å². The highest BCUT2D eigenvalue weighted by Gasteiger charge is 2.21. The van der Waals surface area contributed by atoms with Crippen LogP contribution >= 0.6 is 0 Å². The van der Waals surface area contributed by atoms with Crippen molar-refractivity contribution in [3.63, 3.8) is 0 Å². The van der Waals surface area contributed by atoms with Crippen LogP contribution in [0.15, 0.2) is 42.6 Å². The molecule has 3 N–H and O–H groups in total. The highest BCUT2D eigenvalue weighted by atomic mass is 16.4. The van der Waals surface area contributed by atoms with E-state index >= 15 is 0 Å². The van der Waals surface area contributed by atoms with Gasteiger partial charge in [-0.1, -0.05) is 56.5 Å². The number of nitrogens with one attached hydrogen (secondary N) is 2. The third-order valence-electron chi connectivity index (χ3n) is 4.90. The number of hydrogen-bond donors (Lipinski definition) is 3. The Morgan fingerprint density at radius 1 is 1.11 bits per heavy atom. The molecule has 28 heavy (non-hydrogen) atoms. The largest absolute Gasteiger partial charge is 0.480 e. The predicted octanol–water partition coefficient (Wildman–Crippen LogP) is 4.98. The normalized spacial score (nSPS) is 12.5. The molecule has 1 unspecified atom stereocenters. The van der Waals surface area contributed by atoms with Gasteiger partial charge in [0.2, 0.25) is 5.91 Å². The number of amides is 1. The fraction of sp³-hybridized carbons (Fsp3) is 0.478. The third-order valence-corrected chi connectivity index (χ3v) is 4.90. The Kier molecular flexibility index (Phi) is 9.32. The van der Waals surface area contributed by atoms with Gasteiger partial charge in [-0.25, -0.2) is 4.79 Å². The summed E-state index contributed by atoms with van der Waals surface area (Å²) in [5.41, 5.74) is 1.86. The molecule has 1 amide bonds. The van der Waals surface area contributed by atoms with Gasteiger partial charge in [0, 0.05) is 29.9 Å². The second-order valence-corrected chi connectivity index (χ2v) is 7.23. The van der Waals surface area contributed by atoms with Gasteiger partial charge in [0.15, 0.2) is 0 Å². The summed E-state index contributed by atoms with van der Waals surface area (Å²) in [4.78, 5) is 26.9. The molecule has 0 aliphatic carbocycles. The zero-order valence-electron chi connectivity index (χ0n) is 16.7. The van der Waals surface area contributed by atoms with Crippen LogP contribution < -0.4 is 5.32 Å². The molecule has 0 saturated carbocycles. The van der Waals surface area contributed by atoms with Crippen molar-refractivity contribution in [1.82, 2.24) is 10.3 Å². The number of carbonyl (C=O) groups is 2. The smallest absolute Gasteiger partial charge is 0.326 e. The Hall–Kier alpha value is -2.56.